The van der Waals surface area contributed by atoms with Crippen molar-refractivity contribution in [2.24, 2.45) is 4.99 Å². The molecule has 7 nitrogen and oxygen atoms in total. The summed E-state index contributed by atoms with van der Waals surface area (Å²) >= 11 is 0. The van der Waals surface area contributed by atoms with E-state index in [1.807, 2.05) is 0 Å². The number of morpholine rings is 1. The number of ether oxygens (including phenoxy) is 1. The minimum absolute atomic E-state index is 0. The molecule has 2 N–H and O–H groups in total. The second-order valence-electron chi connectivity index (χ2n) is 8.12. The van der Waals surface area contributed by atoms with Crippen LogP contribution in [0.15, 0.2) is 39.8 Å². The molecular formula is C24H38IN5O2. The van der Waals surface area contributed by atoms with Crippen molar-refractivity contribution in [1.82, 2.24) is 20.7 Å². The smallest absolute Gasteiger partial charge is 0.191 e. The molecule has 0 radical (unpaired) electrons. The summed E-state index contributed by atoms with van der Waals surface area (Å²) in [6.45, 7) is 11.3. The summed E-state index contributed by atoms with van der Waals surface area (Å²) in [5.74, 6) is 2.04. The van der Waals surface area contributed by atoms with Crippen molar-refractivity contribution >= 4 is 29.9 Å². The van der Waals surface area contributed by atoms with Crippen LogP contribution >= 0.6 is 24.0 Å². The molecule has 8 heteroatoms. The van der Waals surface area contributed by atoms with Crippen LogP contribution in [0, 0.1) is 6.92 Å². The van der Waals surface area contributed by atoms with Gasteiger partial charge < -0.3 is 19.9 Å². The predicted molar refractivity (Wildman–Crippen MR) is 140 cm³/mol. The van der Waals surface area contributed by atoms with Crippen molar-refractivity contribution in [2.75, 3.05) is 39.9 Å². The van der Waals surface area contributed by atoms with Crippen molar-refractivity contribution in [3.8, 4) is 0 Å². The zero-order valence-corrected chi connectivity index (χ0v) is 22.1. The molecule has 1 aliphatic rings. The topological polar surface area (TPSA) is 74.9 Å². The Labute approximate surface area is 209 Å². The minimum Gasteiger partial charge on any atom is -0.379 e. The van der Waals surface area contributed by atoms with Crippen molar-refractivity contribution in [3.05, 3.63) is 52.9 Å². The Morgan fingerprint density at radius 1 is 1.16 bits per heavy atom. The van der Waals surface area contributed by atoms with Crippen LogP contribution in [-0.4, -0.2) is 55.9 Å². The number of rotatable bonds is 9. The Bertz CT molecular complexity index is 831. The van der Waals surface area contributed by atoms with E-state index in [0.29, 0.717) is 12.5 Å². The molecule has 0 spiro atoms. The fourth-order valence-corrected chi connectivity index (χ4v) is 4.12. The van der Waals surface area contributed by atoms with Gasteiger partial charge in [-0.1, -0.05) is 48.8 Å². The number of aliphatic imine (C=N–C) groups is 1. The van der Waals surface area contributed by atoms with Gasteiger partial charge in [0.2, 0.25) is 0 Å². The van der Waals surface area contributed by atoms with Crippen LogP contribution in [0.4, 0.5) is 0 Å². The number of aryl methyl sites for hydroxylation is 1. The summed E-state index contributed by atoms with van der Waals surface area (Å²) in [6.07, 6.45) is 2.14. The molecule has 1 aliphatic heterocycles. The normalized spacial score (nSPS) is 16.0. The maximum atomic E-state index is 5.56. The van der Waals surface area contributed by atoms with E-state index in [0.717, 1.165) is 63.1 Å². The highest BCUT2D eigenvalue weighted by molar-refractivity contribution is 14.0. The average molecular weight is 556 g/mol. The highest BCUT2D eigenvalue weighted by Crippen LogP contribution is 2.23. The fourth-order valence-electron chi connectivity index (χ4n) is 4.12. The second kappa shape index (κ2) is 13.8. The summed E-state index contributed by atoms with van der Waals surface area (Å²) in [4.78, 5) is 6.88. The maximum absolute atomic E-state index is 5.56. The standard InChI is InChI=1S/C24H37N5O2.HI/c1-5-19(6-2)22-15-21(31-28-22)16-26-24(25-4)27-17-23(29-10-12-30-13-11-29)20-9-7-8-18(3)14-20;/h7-9,14-15,19,23H,5-6,10-13,16-17H2,1-4H3,(H2,25,26,27);1H. The Balaban J connectivity index is 0.00000363. The number of nitrogens with zero attached hydrogens (tertiary/aromatic N) is 3. The average Bonchev–Trinajstić information content (AvgIpc) is 3.26. The lowest BCUT2D eigenvalue weighted by Crippen LogP contribution is -2.46. The second-order valence-corrected chi connectivity index (χ2v) is 8.12. The van der Waals surface area contributed by atoms with Gasteiger partial charge in [0, 0.05) is 38.7 Å². The SMILES string of the molecule is CCC(CC)c1cc(CNC(=NC)NCC(c2cccc(C)c2)N2CCOCC2)on1.I. The van der Waals surface area contributed by atoms with E-state index in [-0.39, 0.29) is 30.0 Å². The molecule has 2 aromatic rings. The molecular weight excluding hydrogens is 517 g/mol. The third-order valence-corrected chi connectivity index (χ3v) is 6.01. The maximum Gasteiger partial charge on any atom is 0.191 e. The van der Waals surface area contributed by atoms with Gasteiger partial charge in [-0.15, -0.1) is 24.0 Å². The largest absolute Gasteiger partial charge is 0.379 e. The number of hydrogen-bond donors (Lipinski definition) is 2. The van der Waals surface area contributed by atoms with Crippen LogP contribution in [0.5, 0.6) is 0 Å². The Hall–Kier alpha value is -1.65. The molecule has 0 aliphatic carbocycles. The third-order valence-electron chi connectivity index (χ3n) is 6.01. The summed E-state index contributed by atoms with van der Waals surface area (Å²) in [5.41, 5.74) is 3.63. The van der Waals surface area contributed by atoms with Gasteiger partial charge in [-0.05, 0) is 25.3 Å². The van der Waals surface area contributed by atoms with Crippen molar-refractivity contribution < 1.29 is 9.26 Å². The van der Waals surface area contributed by atoms with E-state index >= 15 is 0 Å². The zero-order valence-electron chi connectivity index (χ0n) is 19.8. The predicted octanol–water partition coefficient (Wildman–Crippen LogP) is 4.24. The number of benzene rings is 1. The van der Waals surface area contributed by atoms with Crippen molar-refractivity contribution in [3.63, 3.8) is 0 Å². The Morgan fingerprint density at radius 2 is 1.91 bits per heavy atom. The summed E-state index contributed by atoms with van der Waals surface area (Å²) in [5, 5.41) is 11.1. The van der Waals surface area contributed by atoms with E-state index in [2.05, 4.69) is 76.8 Å². The lowest BCUT2D eigenvalue weighted by molar-refractivity contribution is 0.0170. The lowest BCUT2D eigenvalue weighted by Gasteiger charge is -2.35. The van der Waals surface area contributed by atoms with Crippen LogP contribution in [0.1, 0.15) is 61.2 Å². The van der Waals surface area contributed by atoms with E-state index < -0.39 is 0 Å². The van der Waals surface area contributed by atoms with Gasteiger partial charge in [-0.2, -0.15) is 0 Å². The van der Waals surface area contributed by atoms with Gasteiger partial charge in [0.1, 0.15) is 0 Å². The highest BCUT2D eigenvalue weighted by Gasteiger charge is 2.23. The van der Waals surface area contributed by atoms with E-state index in [1.165, 1.54) is 11.1 Å². The van der Waals surface area contributed by atoms with Gasteiger partial charge in [-0.3, -0.25) is 9.89 Å². The first kappa shape index (κ1) is 26.6. The van der Waals surface area contributed by atoms with Gasteiger partial charge in [0.05, 0.1) is 31.5 Å². The first-order valence-electron chi connectivity index (χ1n) is 11.4. The lowest BCUT2D eigenvalue weighted by atomic mass is 9.99. The van der Waals surface area contributed by atoms with Crippen LogP contribution in [0.2, 0.25) is 0 Å². The van der Waals surface area contributed by atoms with Crippen molar-refractivity contribution in [1.29, 1.82) is 0 Å². The summed E-state index contributed by atoms with van der Waals surface area (Å²) in [7, 11) is 1.79. The highest BCUT2D eigenvalue weighted by atomic mass is 127. The number of hydrogen-bond acceptors (Lipinski definition) is 5. The molecule has 32 heavy (non-hydrogen) atoms. The first-order chi connectivity index (χ1) is 15.1. The van der Waals surface area contributed by atoms with Crippen LogP contribution < -0.4 is 10.6 Å². The van der Waals surface area contributed by atoms with Gasteiger partial charge in [-0.25, -0.2) is 0 Å². The molecule has 3 rings (SSSR count). The first-order valence-corrected chi connectivity index (χ1v) is 11.4. The third kappa shape index (κ3) is 7.45. The van der Waals surface area contributed by atoms with Gasteiger partial charge in [0.25, 0.3) is 0 Å². The number of nitrogens with one attached hydrogen (secondary N) is 2. The van der Waals surface area contributed by atoms with E-state index in [9.17, 15) is 0 Å². The van der Waals surface area contributed by atoms with E-state index in [4.69, 9.17) is 9.26 Å². The quantitative estimate of drug-likeness (QED) is 0.274. The fraction of sp³-hybridized carbons (Fsp3) is 0.583. The molecule has 1 unspecified atom stereocenters. The van der Waals surface area contributed by atoms with Crippen LogP contribution in [-0.2, 0) is 11.3 Å². The molecule has 1 saturated heterocycles. The number of guanidine groups is 1. The number of halogens is 1. The Kier molecular flexibility index (Phi) is 11.5. The molecule has 0 amide bonds. The molecule has 0 bridgehead atoms. The van der Waals surface area contributed by atoms with E-state index in [1.54, 1.807) is 7.05 Å². The molecule has 1 aromatic heterocycles. The number of aromatic nitrogens is 1. The molecule has 2 heterocycles. The van der Waals surface area contributed by atoms with Gasteiger partial charge in [0.15, 0.2) is 11.7 Å². The molecule has 1 fully saturated rings. The molecule has 1 aromatic carbocycles. The molecule has 178 valence electrons. The molecule has 1 atom stereocenters. The summed E-state index contributed by atoms with van der Waals surface area (Å²) < 4.78 is 11.1. The van der Waals surface area contributed by atoms with Crippen molar-refractivity contribution in [2.45, 2.75) is 52.1 Å². The monoisotopic (exact) mass is 555 g/mol. The zero-order chi connectivity index (χ0) is 22.1. The Morgan fingerprint density at radius 3 is 2.56 bits per heavy atom. The van der Waals surface area contributed by atoms with Crippen LogP contribution in [0.25, 0.3) is 0 Å². The molecule has 0 saturated carbocycles. The summed E-state index contributed by atoms with van der Waals surface area (Å²) in [6, 6.07) is 11.1. The van der Waals surface area contributed by atoms with Crippen LogP contribution in [0.3, 0.4) is 0 Å². The van der Waals surface area contributed by atoms with Gasteiger partial charge >= 0.3 is 0 Å². The minimum atomic E-state index is 0.